The van der Waals surface area contributed by atoms with Gasteiger partial charge in [0.1, 0.15) is 0 Å². The normalized spacial score (nSPS) is 10.9. The van der Waals surface area contributed by atoms with Crippen LogP contribution in [0.25, 0.3) is 0 Å². The first-order valence-corrected chi connectivity index (χ1v) is 5.75. The molecule has 0 atom stereocenters. The number of rotatable bonds is 3. The molecule has 0 N–H and O–H groups in total. The van der Waals surface area contributed by atoms with Gasteiger partial charge in [-0.3, -0.25) is 0 Å². The lowest BCUT2D eigenvalue weighted by atomic mass is 9.98. The average Bonchev–Trinajstić information content (AvgIpc) is 2.36. The molecule has 0 saturated heterocycles. The zero-order chi connectivity index (χ0) is 14.6. The predicted molar refractivity (Wildman–Crippen MR) is 61.7 cm³/mol. The third-order valence-corrected chi connectivity index (χ3v) is 2.57. The van der Waals surface area contributed by atoms with Gasteiger partial charge in [0.2, 0.25) is 0 Å². The van der Waals surface area contributed by atoms with Crippen molar-refractivity contribution >= 4 is 17.6 Å². The van der Waals surface area contributed by atoms with Gasteiger partial charge in [-0.05, 0) is 24.6 Å². The molecule has 0 aromatic heterocycles. The molecule has 0 aliphatic heterocycles. The summed E-state index contributed by atoms with van der Waals surface area (Å²) in [5.74, 6) is -1.25. The summed E-state index contributed by atoms with van der Waals surface area (Å²) in [6.45, 7) is 1.65. The van der Waals surface area contributed by atoms with Gasteiger partial charge in [0.25, 0.3) is 0 Å². The first kappa shape index (κ1) is 15.3. The first-order valence-electron chi connectivity index (χ1n) is 5.22. The van der Waals surface area contributed by atoms with Crippen LogP contribution in [0, 0.1) is 11.3 Å². The molecule has 1 aromatic carbocycles. The van der Waals surface area contributed by atoms with E-state index in [0.717, 1.165) is 12.1 Å². The van der Waals surface area contributed by atoms with Gasteiger partial charge in [0.15, 0.2) is 0 Å². The Morgan fingerprint density at radius 3 is 2.53 bits per heavy atom. The molecule has 19 heavy (non-hydrogen) atoms. The molecule has 0 saturated carbocycles. The summed E-state index contributed by atoms with van der Waals surface area (Å²) in [6.07, 6.45) is -4.71. The fraction of sp³-hybridized carbons (Fsp3) is 0.333. The van der Waals surface area contributed by atoms with Gasteiger partial charge in [-0.2, -0.15) is 18.4 Å². The van der Waals surface area contributed by atoms with E-state index in [2.05, 4.69) is 4.74 Å². The number of nitriles is 1. The molecular formula is C12H9ClF3NO2. The van der Waals surface area contributed by atoms with Crippen LogP contribution in [0.4, 0.5) is 13.2 Å². The van der Waals surface area contributed by atoms with Crippen molar-refractivity contribution in [3.63, 3.8) is 0 Å². The van der Waals surface area contributed by atoms with Crippen LogP contribution >= 0.6 is 11.6 Å². The van der Waals surface area contributed by atoms with Gasteiger partial charge in [0, 0.05) is 5.88 Å². The Labute approximate surface area is 112 Å². The highest BCUT2D eigenvalue weighted by Crippen LogP contribution is 2.36. The molecule has 0 amide bonds. The number of hydrogen-bond donors (Lipinski definition) is 0. The summed E-state index contributed by atoms with van der Waals surface area (Å²) in [6, 6.07) is 3.28. The highest BCUT2D eigenvalue weighted by atomic mass is 35.5. The number of alkyl halides is 4. The van der Waals surface area contributed by atoms with E-state index in [1.54, 1.807) is 6.92 Å². The Morgan fingerprint density at radius 1 is 1.47 bits per heavy atom. The Bertz CT molecular complexity index is 535. The third kappa shape index (κ3) is 3.38. The van der Waals surface area contributed by atoms with E-state index in [4.69, 9.17) is 16.9 Å². The average molecular weight is 292 g/mol. The van der Waals surface area contributed by atoms with Crippen LogP contribution in [0.2, 0.25) is 0 Å². The number of halogens is 4. The fourth-order valence-corrected chi connectivity index (χ4v) is 1.77. The van der Waals surface area contributed by atoms with E-state index in [-0.39, 0.29) is 17.7 Å². The Hall–Kier alpha value is -1.74. The molecule has 0 aliphatic rings. The van der Waals surface area contributed by atoms with Crippen molar-refractivity contribution < 1.29 is 22.7 Å². The van der Waals surface area contributed by atoms with Gasteiger partial charge in [-0.25, -0.2) is 4.79 Å². The van der Waals surface area contributed by atoms with Gasteiger partial charge < -0.3 is 4.74 Å². The summed E-state index contributed by atoms with van der Waals surface area (Å²) in [7, 11) is 0. The van der Waals surface area contributed by atoms with Crippen LogP contribution < -0.4 is 0 Å². The van der Waals surface area contributed by atoms with E-state index < -0.39 is 29.2 Å². The van der Waals surface area contributed by atoms with Crippen LogP contribution in [-0.2, 0) is 16.8 Å². The van der Waals surface area contributed by atoms with E-state index in [9.17, 15) is 18.0 Å². The number of nitrogens with zero attached hydrogens (tertiary/aromatic N) is 1. The monoisotopic (exact) mass is 291 g/mol. The van der Waals surface area contributed by atoms with Crippen molar-refractivity contribution in [3.05, 3.63) is 34.4 Å². The smallest absolute Gasteiger partial charge is 0.417 e. The molecule has 0 aliphatic carbocycles. The second kappa shape index (κ2) is 5.93. The summed E-state index contributed by atoms with van der Waals surface area (Å²) in [5.41, 5.74) is -2.20. The molecule has 0 radical (unpaired) electrons. The van der Waals surface area contributed by atoms with Crippen LogP contribution in [0.5, 0.6) is 0 Å². The topological polar surface area (TPSA) is 50.1 Å². The molecular weight excluding hydrogens is 283 g/mol. The quantitative estimate of drug-likeness (QED) is 0.632. The van der Waals surface area contributed by atoms with Crippen LogP contribution in [0.3, 0.4) is 0 Å². The number of carbonyl (C=O) groups excluding carboxylic acids is 1. The minimum atomic E-state index is -4.71. The van der Waals surface area contributed by atoms with Crippen LogP contribution in [0.15, 0.2) is 12.1 Å². The number of esters is 1. The van der Waals surface area contributed by atoms with E-state index in [0.29, 0.717) is 0 Å². The minimum absolute atomic E-state index is 0.0813. The molecule has 0 heterocycles. The maximum atomic E-state index is 12.8. The molecule has 102 valence electrons. The standard InChI is InChI=1S/C12H9ClF3NO2/c1-2-19-11(18)7-3-8(5-13)10(12(14,15)16)9(4-7)6-17/h3-4H,2,5H2,1H3. The third-order valence-electron chi connectivity index (χ3n) is 2.28. The van der Waals surface area contributed by atoms with E-state index in [1.807, 2.05) is 0 Å². The molecule has 1 rings (SSSR count). The number of ether oxygens (including phenoxy) is 1. The second-order valence-corrected chi connectivity index (χ2v) is 3.79. The van der Waals surface area contributed by atoms with E-state index >= 15 is 0 Å². The van der Waals surface area contributed by atoms with Crippen molar-refractivity contribution in [2.75, 3.05) is 6.61 Å². The molecule has 3 nitrogen and oxygen atoms in total. The summed E-state index contributed by atoms with van der Waals surface area (Å²) in [5, 5.41) is 8.79. The zero-order valence-corrected chi connectivity index (χ0v) is 10.6. The van der Waals surface area contributed by atoms with Crippen molar-refractivity contribution in [2.45, 2.75) is 19.0 Å². The number of hydrogen-bond acceptors (Lipinski definition) is 3. The van der Waals surface area contributed by atoms with Crippen LogP contribution in [-0.4, -0.2) is 12.6 Å². The molecule has 7 heteroatoms. The van der Waals surface area contributed by atoms with Gasteiger partial charge in [-0.15, -0.1) is 11.6 Å². The van der Waals surface area contributed by atoms with Gasteiger partial charge >= 0.3 is 12.1 Å². The highest BCUT2D eigenvalue weighted by molar-refractivity contribution is 6.17. The van der Waals surface area contributed by atoms with Crippen molar-refractivity contribution in [1.82, 2.24) is 0 Å². The fourth-order valence-electron chi connectivity index (χ4n) is 1.56. The summed E-state index contributed by atoms with van der Waals surface area (Å²) < 4.78 is 43.2. The molecule has 0 fully saturated rings. The molecule has 1 aromatic rings. The van der Waals surface area contributed by atoms with Gasteiger partial charge in [-0.1, -0.05) is 0 Å². The first-order chi connectivity index (χ1) is 8.85. The largest absolute Gasteiger partial charge is 0.462 e. The Balaban J connectivity index is 3.46. The SMILES string of the molecule is CCOC(=O)c1cc(C#N)c(C(F)(F)F)c(CCl)c1. The maximum absolute atomic E-state index is 12.8. The minimum Gasteiger partial charge on any atom is -0.462 e. The maximum Gasteiger partial charge on any atom is 0.417 e. The molecule has 0 bridgehead atoms. The predicted octanol–water partition coefficient (Wildman–Crippen LogP) is 3.49. The second-order valence-electron chi connectivity index (χ2n) is 3.52. The van der Waals surface area contributed by atoms with Crippen LogP contribution in [0.1, 0.15) is 34.0 Å². The molecule has 0 unspecified atom stereocenters. The Morgan fingerprint density at radius 2 is 2.11 bits per heavy atom. The van der Waals surface area contributed by atoms with E-state index in [1.165, 1.54) is 6.07 Å². The molecule has 0 spiro atoms. The van der Waals surface area contributed by atoms with Crippen molar-refractivity contribution in [2.24, 2.45) is 0 Å². The zero-order valence-electron chi connectivity index (χ0n) is 9.84. The van der Waals surface area contributed by atoms with Crippen molar-refractivity contribution in [1.29, 1.82) is 5.26 Å². The van der Waals surface area contributed by atoms with Gasteiger partial charge in [0.05, 0.1) is 29.4 Å². The lowest BCUT2D eigenvalue weighted by molar-refractivity contribution is -0.138. The summed E-state index contributed by atoms with van der Waals surface area (Å²) in [4.78, 5) is 11.5. The highest BCUT2D eigenvalue weighted by Gasteiger charge is 2.37. The lowest BCUT2D eigenvalue weighted by Gasteiger charge is -2.14. The van der Waals surface area contributed by atoms with Crippen molar-refractivity contribution in [3.8, 4) is 6.07 Å². The Kier molecular flexibility index (Phi) is 4.78. The number of benzene rings is 1. The number of carbonyl (C=O) groups is 1. The summed E-state index contributed by atoms with van der Waals surface area (Å²) >= 11 is 5.46. The lowest BCUT2D eigenvalue weighted by Crippen LogP contribution is -2.14.